The molecule has 0 aromatic heterocycles. The Morgan fingerprint density at radius 1 is 1.86 bits per heavy atom. The highest BCUT2D eigenvalue weighted by atomic mass is 32.2. The van der Waals surface area contributed by atoms with Crippen LogP contribution in [0.4, 0.5) is 0 Å². The summed E-state index contributed by atoms with van der Waals surface area (Å²) in [6.07, 6.45) is 0. The van der Waals surface area contributed by atoms with Crippen LogP contribution in [0.25, 0.3) is 0 Å². The number of nitrogens with one attached hydrogen (secondary N) is 1. The van der Waals surface area contributed by atoms with Gasteiger partial charge in [0, 0.05) is 0 Å². The molecular weight excluding hydrogens is 114 g/mol. The molecular formula is C3H8NO2S-. The molecule has 0 aliphatic heterocycles. The zero-order valence-electron chi connectivity index (χ0n) is 4.30. The van der Waals surface area contributed by atoms with E-state index in [2.05, 4.69) is 5.32 Å². The molecule has 4 heteroatoms. The van der Waals surface area contributed by atoms with Gasteiger partial charge >= 0.3 is 0 Å². The van der Waals surface area contributed by atoms with E-state index in [-0.39, 0.29) is 0 Å². The van der Waals surface area contributed by atoms with E-state index >= 15 is 0 Å². The molecule has 2 atom stereocenters. The Morgan fingerprint density at radius 3 is 2.29 bits per heavy atom. The second-order valence-electron chi connectivity index (χ2n) is 1.19. The van der Waals surface area contributed by atoms with Crippen LogP contribution in [0.5, 0.6) is 0 Å². The lowest BCUT2D eigenvalue weighted by atomic mass is 10.8. The molecule has 0 saturated heterocycles. The third-order valence-electron chi connectivity index (χ3n) is 0.695. The molecule has 0 bridgehead atoms. The highest BCUT2D eigenvalue weighted by Crippen LogP contribution is 1.80. The maximum absolute atomic E-state index is 9.87. The van der Waals surface area contributed by atoms with Crippen molar-refractivity contribution in [1.29, 1.82) is 0 Å². The van der Waals surface area contributed by atoms with Crippen molar-refractivity contribution in [3.63, 3.8) is 0 Å². The summed E-state index contributed by atoms with van der Waals surface area (Å²) in [5.74, 6) is 0. The van der Waals surface area contributed by atoms with Gasteiger partial charge in [0.15, 0.2) is 0 Å². The monoisotopic (exact) mass is 122 g/mol. The van der Waals surface area contributed by atoms with Crippen molar-refractivity contribution in [3.05, 3.63) is 0 Å². The molecule has 0 aliphatic carbocycles. The summed E-state index contributed by atoms with van der Waals surface area (Å²) in [7, 11) is 1.60. The van der Waals surface area contributed by atoms with Gasteiger partial charge in [-0.3, -0.25) is 4.21 Å². The van der Waals surface area contributed by atoms with Gasteiger partial charge in [0.2, 0.25) is 0 Å². The van der Waals surface area contributed by atoms with Crippen LogP contribution in [0.3, 0.4) is 0 Å². The number of hydrogen-bond acceptors (Lipinski definition) is 3. The fraction of sp³-hybridized carbons (Fsp3) is 1.00. The fourth-order valence-electron chi connectivity index (χ4n) is 0.0962. The summed E-state index contributed by atoms with van der Waals surface area (Å²) < 4.78 is 19.7. The Labute approximate surface area is 45.4 Å². The maximum Gasteiger partial charge on any atom is 0.0670 e. The second-order valence-corrected chi connectivity index (χ2v) is 2.42. The van der Waals surface area contributed by atoms with Crippen LogP contribution < -0.4 is 5.32 Å². The molecule has 0 fully saturated rings. The maximum atomic E-state index is 9.87. The minimum atomic E-state index is -1.97. The molecule has 0 aromatic carbocycles. The van der Waals surface area contributed by atoms with Crippen LogP contribution in [0.15, 0.2) is 0 Å². The smallest absolute Gasteiger partial charge is 0.0670 e. The summed E-state index contributed by atoms with van der Waals surface area (Å²) in [5, 5.41) is 2.12. The topological polar surface area (TPSA) is 52.2 Å². The van der Waals surface area contributed by atoms with Gasteiger partial charge in [-0.05, 0) is 25.1 Å². The zero-order chi connectivity index (χ0) is 5.86. The van der Waals surface area contributed by atoms with E-state index in [9.17, 15) is 8.76 Å². The van der Waals surface area contributed by atoms with E-state index in [1.54, 1.807) is 14.0 Å². The predicted octanol–water partition coefficient (Wildman–Crippen LogP) is -0.569. The largest absolute Gasteiger partial charge is 0.771 e. The minimum absolute atomic E-state index is 0.431. The van der Waals surface area contributed by atoms with Gasteiger partial charge in [0.25, 0.3) is 0 Å². The molecule has 0 spiro atoms. The molecule has 0 rings (SSSR count). The first kappa shape index (κ1) is 7.07. The van der Waals surface area contributed by atoms with Gasteiger partial charge in [-0.2, -0.15) is 0 Å². The highest BCUT2D eigenvalue weighted by Gasteiger charge is 1.91. The first-order chi connectivity index (χ1) is 3.18. The summed E-state index contributed by atoms with van der Waals surface area (Å²) in [6, 6.07) is 0. The molecule has 0 heterocycles. The average Bonchev–Trinajstić information content (AvgIpc) is 1.65. The molecule has 44 valence electrons. The van der Waals surface area contributed by atoms with E-state index in [0.717, 1.165) is 0 Å². The lowest BCUT2D eigenvalue weighted by molar-refractivity contribution is 0.516. The molecule has 2 unspecified atom stereocenters. The molecule has 0 radical (unpaired) electrons. The normalized spacial score (nSPS) is 18.7. The third kappa shape index (κ3) is 2.73. The summed E-state index contributed by atoms with van der Waals surface area (Å²) in [4.78, 5) is 0. The average molecular weight is 122 g/mol. The Bertz CT molecular complexity index is 75.3. The predicted molar refractivity (Wildman–Crippen MR) is 27.4 cm³/mol. The van der Waals surface area contributed by atoms with Crippen molar-refractivity contribution in [2.24, 2.45) is 0 Å². The Morgan fingerprint density at radius 2 is 2.29 bits per heavy atom. The van der Waals surface area contributed by atoms with Crippen LogP contribution in [0.2, 0.25) is 0 Å². The summed E-state index contributed by atoms with van der Waals surface area (Å²) >= 11 is -1.97. The first-order valence-electron chi connectivity index (χ1n) is 1.94. The van der Waals surface area contributed by atoms with Crippen molar-refractivity contribution in [1.82, 2.24) is 5.32 Å². The van der Waals surface area contributed by atoms with Crippen molar-refractivity contribution in [2.45, 2.75) is 12.3 Å². The molecule has 7 heavy (non-hydrogen) atoms. The first-order valence-corrected chi connectivity index (χ1v) is 3.07. The Balaban J connectivity index is 3.34. The van der Waals surface area contributed by atoms with Gasteiger partial charge in [-0.25, -0.2) is 0 Å². The standard InChI is InChI=1S/C3H9NO2S/c1-3(4-2)7(5)6/h3-4H,1-2H3,(H,5,6)/p-1. The Hall–Kier alpha value is 0.0700. The van der Waals surface area contributed by atoms with Gasteiger partial charge in [-0.15, -0.1) is 0 Å². The van der Waals surface area contributed by atoms with E-state index in [0.29, 0.717) is 0 Å². The van der Waals surface area contributed by atoms with Crippen LogP contribution in [-0.2, 0) is 11.1 Å². The Kier molecular flexibility index (Phi) is 3.15. The van der Waals surface area contributed by atoms with E-state index in [4.69, 9.17) is 0 Å². The molecule has 1 N–H and O–H groups in total. The van der Waals surface area contributed by atoms with Gasteiger partial charge in [0.1, 0.15) is 0 Å². The van der Waals surface area contributed by atoms with Crippen LogP contribution >= 0.6 is 0 Å². The molecule has 0 amide bonds. The SMILES string of the molecule is CNC(C)S(=O)[O-]. The van der Waals surface area contributed by atoms with Crippen LogP contribution in [0.1, 0.15) is 6.92 Å². The van der Waals surface area contributed by atoms with Gasteiger partial charge in [-0.1, -0.05) is 0 Å². The van der Waals surface area contributed by atoms with E-state index in [1.807, 2.05) is 0 Å². The van der Waals surface area contributed by atoms with Crippen LogP contribution in [-0.4, -0.2) is 21.2 Å². The molecule has 0 aromatic rings. The molecule has 0 saturated carbocycles. The van der Waals surface area contributed by atoms with Crippen molar-refractivity contribution < 1.29 is 8.76 Å². The van der Waals surface area contributed by atoms with Gasteiger partial charge in [0.05, 0.1) is 5.37 Å². The lowest BCUT2D eigenvalue weighted by Gasteiger charge is -2.11. The van der Waals surface area contributed by atoms with Crippen molar-refractivity contribution in [2.75, 3.05) is 7.05 Å². The van der Waals surface area contributed by atoms with E-state index in [1.165, 1.54) is 0 Å². The number of rotatable bonds is 2. The molecule has 0 aliphatic rings. The van der Waals surface area contributed by atoms with Gasteiger partial charge < -0.3 is 9.87 Å². The molecule has 3 nitrogen and oxygen atoms in total. The van der Waals surface area contributed by atoms with Crippen molar-refractivity contribution >= 4 is 11.1 Å². The highest BCUT2D eigenvalue weighted by molar-refractivity contribution is 7.79. The quantitative estimate of drug-likeness (QED) is 0.499. The van der Waals surface area contributed by atoms with E-state index < -0.39 is 16.5 Å². The number of hydrogen-bond donors (Lipinski definition) is 1. The third-order valence-corrected chi connectivity index (χ3v) is 1.51. The zero-order valence-corrected chi connectivity index (χ0v) is 5.12. The van der Waals surface area contributed by atoms with Crippen molar-refractivity contribution in [3.8, 4) is 0 Å². The lowest BCUT2D eigenvalue weighted by Crippen LogP contribution is -2.25. The summed E-state index contributed by atoms with van der Waals surface area (Å²) in [5.41, 5.74) is 0. The minimum Gasteiger partial charge on any atom is -0.771 e. The second kappa shape index (κ2) is 3.12. The fourth-order valence-corrected chi connectivity index (χ4v) is 0.289. The summed E-state index contributed by atoms with van der Waals surface area (Å²) in [6.45, 7) is 1.57. The van der Waals surface area contributed by atoms with Crippen LogP contribution in [0, 0.1) is 0 Å².